The SMILES string of the molecule is N[C@@H]1CCN(C(=O)CCC(=O)c2ccc(F)cc2)C1. The van der Waals surface area contributed by atoms with Crippen LogP contribution >= 0.6 is 0 Å². The Morgan fingerprint density at radius 2 is 1.95 bits per heavy atom. The monoisotopic (exact) mass is 264 g/mol. The lowest BCUT2D eigenvalue weighted by atomic mass is 10.1. The number of carbonyl (C=O) groups is 2. The molecule has 0 aromatic heterocycles. The zero-order valence-electron chi connectivity index (χ0n) is 10.6. The molecule has 102 valence electrons. The molecule has 1 amide bonds. The summed E-state index contributed by atoms with van der Waals surface area (Å²) in [6.45, 7) is 1.24. The molecule has 1 aliphatic rings. The molecule has 1 aromatic rings. The van der Waals surface area contributed by atoms with Crippen molar-refractivity contribution in [3.05, 3.63) is 35.6 Å². The van der Waals surface area contributed by atoms with Crippen molar-refractivity contribution >= 4 is 11.7 Å². The van der Waals surface area contributed by atoms with Crippen LogP contribution in [0.5, 0.6) is 0 Å². The minimum absolute atomic E-state index is 0.0385. The Kier molecular flexibility index (Phi) is 4.27. The molecule has 1 aliphatic heterocycles. The van der Waals surface area contributed by atoms with Crippen LogP contribution in [0.25, 0.3) is 0 Å². The molecule has 0 spiro atoms. The van der Waals surface area contributed by atoms with Crippen LogP contribution in [0.15, 0.2) is 24.3 Å². The molecule has 0 aliphatic carbocycles. The van der Waals surface area contributed by atoms with Crippen molar-refractivity contribution < 1.29 is 14.0 Å². The number of carbonyl (C=O) groups excluding carboxylic acids is 2. The van der Waals surface area contributed by atoms with Crippen molar-refractivity contribution in [2.24, 2.45) is 5.73 Å². The Labute approximate surface area is 111 Å². The number of nitrogens with two attached hydrogens (primary N) is 1. The lowest BCUT2D eigenvalue weighted by Crippen LogP contribution is -2.32. The highest BCUT2D eigenvalue weighted by Crippen LogP contribution is 2.12. The van der Waals surface area contributed by atoms with E-state index in [1.165, 1.54) is 24.3 Å². The van der Waals surface area contributed by atoms with Crippen LogP contribution in [0, 0.1) is 5.82 Å². The quantitative estimate of drug-likeness (QED) is 0.835. The minimum Gasteiger partial charge on any atom is -0.341 e. The molecule has 2 N–H and O–H groups in total. The first kappa shape index (κ1) is 13.7. The number of hydrogen-bond donors (Lipinski definition) is 1. The summed E-state index contributed by atoms with van der Waals surface area (Å²) in [6, 6.07) is 5.42. The maximum absolute atomic E-state index is 12.7. The van der Waals surface area contributed by atoms with Crippen molar-refractivity contribution in [2.45, 2.75) is 25.3 Å². The molecule has 1 fully saturated rings. The average Bonchev–Trinajstić information content (AvgIpc) is 2.83. The van der Waals surface area contributed by atoms with Gasteiger partial charge in [-0.05, 0) is 30.7 Å². The third-order valence-corrected chi connectivity index (χ3v) is 3.31. The van der Waals surface area contributed by atoms with Crippen LogP contribution in [0.4, 0.5) is 4.39 Å². The van der Waals surface area contributed by atoms with Crippen molar-refractivity contribution in [3.8, 4) is 0 Å². The number of likely N-dealkylation sites (tertiary alicyclic amines) is 1. The molecular weight excluding hydrogens is 247 g/mol. The van der Waals surface area contributed by atoms with Gasteiger partial charge in [-0.25, -0.2) is 4.39 Å². The van der Waals surface area contributed by atoms with Gasteiger partial charge in [-0.3, -0.25) is 9.59 Å². The Bertz CT molecular complexity index is 473. The standard InChI is InChI=1S/C14H17FN2O2/c15-11-3-1-10(2-4-11)13(18)5-6-14(19)17-8-7-12(16)9-17/h1-4,12H,5-9,16H2/t12-/m1/s1. The summed E-state index contributed by atoms with van der Waals surface area (Å²) in [5, 5.41) is 0. The molecule has 0 radical (unpaired) electrons. The Hall–Kier alpha value is -1.75. The van der Waals surface area contributed by atoms with Crippen molar-refractivity contribution in [1.82, 2.24) is 4.90 Å². The van der Waals surface area contributed by atoms with Crippen molar-refractivity contribution in [2.75, 3.05) is 13.1 Å². The summed E-state index contributed by atoms with van der Waals surface area (Å²) < 4.78 is 12.7. The van der Waals surface area contributed by atoms with E-state index in [1.807, 2.05) is 0 Å². The van der Waals surface area contributed by atoms with E-state index in [4.69, 9.17) is 5.73 Å². The number of nitrogens with zero attached hydrogens (tertiary/aromatic N) is 1. The van der Waals surface area contributed by atoms with Gasteiger partial charge in [0.2, 0.25) is 5.91 Å². The van der Waals surface area contributed by atoms with Gasteiger partial charge in [0.05, 0.1) is 0 Å². The first-order valence-corrected chi connectivity index (χ1v) is 6.38. The highest BCUT2D eigenvalue weighted by molar-refractivity contribution is 5.97. The fourth-order valence-electron chi connectivity index (χ4n) is 2.17. The molecule has 5 heteroatoms. The van der Waals surface area contributed by atoms with Crippen LogP contribution in [-0.4, -0.2) is 35.7 Å². The predicted octanol–water partition coefficient (Wildman–Crippen LogP) is 1.35. The smallest absolute Gasteiger partial charge is 0.223 e. The molecule has 1 atom stereocenters. The Morgan fingerprint density at radius 3 is 2.53 bits per heavy atom. The predicted molar refractivity (Wildman–Crippen MR) is 69.1 cm³/mol. The second-order valence-electron chi connectivity index (χ2n) is 4.82. The van der Waals surface area contributed by atoms with Crippen molar-refractivity contribution in [3.63, 3.8) is 0 Å². The van der Waals surface area contributed by atoms with E-state index < -0.39 is 0 Å². The maximum atomic E-state index is 12.7. The van der Waals surface area contributed by atoms with E-state index in [2.05, 4.69) is 0 Å². The number of halogens is 1. The third-order valence-electron chi connectivity index (χ3n) is 3.31. The highest BCUT2D eigenvalue weighted by atomic mass is 19.1. The van der Waals surface area contributed by atoms with Gasteiger partial charge in [-0.15, -0.1) is 0 Å². The van der Waals surface area contributed by atoms with E-state index in [1.54, 1.807) is 4.90 Å². The molecule has 0 bridgehead atoms. The summed E-state index contributed by atoms with van der Waals surface area (Å²) in [7, 11) is 0. The zero-order chi connectivity index (χ0) is 13.8. The molecule has 1 saturated heterocycles. The van der Waals surface area contributed by atoms with Gasteiger partial charge >= 0.3 is 0 Å². The van der Waals surface area contributed by atoms with Gasteiger partial charge in [0.1, 0.15) is 5.82 Å². The Morgan fingerprint density at radius 1 is 1.26 bits per heavy atom. The van der Waals surface area contributed by atoms with E-state index in [0.717, 1.165) is 6.42 Å². The lowest BCUT2D eigenvalue weighted by Gasteiger charge is -2.15. The summed E-state index contributed by atoms with van der Waals surface area (Å²) in [5.41, 5.74) is 6.17. The fraction of sp³-hybridized carbons (Fsp3) is 0.429. The minimum atomic E-state index is -0.376. The largest absolute Gasteiger partial charge is 0.341 e. The molecule has 2 rings (SSSR count). The molecular formula is C14H17FN2O2. The van der Waals surface area contributed by atoms with E-state index in [0.29, 0.717) is 18.7 Å². The lowest BCUT2D eigenvalue weighted by molar-refractivity contribution is -0.130. The molecule has 19 heavy (non-hydrogen) atoms. The number of rotatable bonds is 4. The fourth-order valence-corrected chi connectivity index (χ4v) is 2.17. The first-order valence-electron chi connectivity index (χ1n) is 6.38. The van der Waals surface area contributed by atoms with Crippen LogP contribution in [0.1, 0.15) is 29.6 Å². The van der Waals surface area contributed by atoms with Crippen LogP contribution in [-0.2, 0) is 4.79 Å². The highest BCUT2D eigenvalue weighted by Gasteiger charge is 2.23. The van der Waals surface area contributed by atoms with Gasteiger partial charge in [0.15, 0.2) is 5.78 Å². The summed E-state index contributed by atoms with van der Waals surface area (Å²) in [6.07, 6.45) is 1.15. The second kappa shape index (κ2) is 5.93. The normalized spacial score (nSPS) is 18.6. The average molecular weight is 264 g/mol. The second-order valence-corrected chi connectivity index (χ2v) is 4.82. The van der Waals surface area contributed by atoms with Crippen molar-refractivity contribution in [1.29, 1.82) is 0 Å². The van der Waals surface area contributed by atoms with Gasteiger partial charge in [0, 0.05) is 37.5 Å². The van der Waals surface area contributed by atoms with E-state index >= 15 is 0 Å². The summed E-state index contributed by atoms with van der Waals surface area (Å²) >= 11 is 0. The number of amides is 1. The number of benzene rings is 1. The van der Waals surface area contributed by atoms with Gasteiger partial charge in [-0.2, -0.15) is 0 Å². The van der Waals surface area contributed by atoms with Gasteiger partial charge in [0.25, 0.3) is 0 Å². The van der Waals surface area contributed by atoms with Crippen LogP contribution < -0.4 is 5.73 Å². The number of Topliss-reactive ketones (excluding diaryl/α,β-unsaturated/α-hetero) is 1. The van der Waals surface area contributed by atoms with E-state index in [9.17, 15) is 14.0 Å². The topological polar surface area (TPSA) is 63.4 Å². The summed E-state index contributed by atoms with van der Waals surface area (Å²) in [4.78, 5) is 25.4. The maximum Gasteiger partial charge on any atom is 0.223 e. The molecule has 1 heterocycles. The zero-order valence-corrected chi connectivity index (χ0v) is 10.6. The van der Waals surface area contributed by atoms with Crippen LogP contribution in [0.2, 0.25) is 0 Å². The molecule has 0 saturated carbocycles. The number of hydrogen-bond acceptors (Lipinski definition) is 3. The Balaban J connectivity index is 1.83. The number of ketones is 1. The van der Waals surface area contributed by atoms with Gasteiger partial charge < -0.3 is 10.6 Å². The van der Waals surface area contributed by atoms with E-state index in [-0.39, 0.29) is 36.4 Å². The van der Waals surface area contributed by atoms with Gasteiger partial charge in [-0.1, -0.05) is 0 Å². The summed E-state index contributed by atoms with van der Waals surface area (Å²) in [5.74, 6) is -0.557. The molecule has 1 aromatic carbocycles. The molecule has 4 nitrogen and oxygen atoms in total. The molecule has 0 unspecified atom stereocenters. The first-order chi connectivity index (χ1) is 9.06. The third kappa shape index (κ3) is 3.61. The van der Waals surface area contributed by atoms with Crippen LogP contribution in [0.3, 0.4) is 0 Å².